The number of rotatable bonds is 5. The van der Waals surface area contributed by atoms with E-state index in [1.54, 1.807) is 13.2 Å². The minimum absolute atomic E-state index is 0.506. The van der Waals surface area contributed by atoms with Crippen molar-refractivity contribution in [2.75, 3.05) is 13.4 Å². The van der Waals surface area contributed by atoms with Crippen LogP contribution in [0.25, 0.3) is 6.08 Å². The first-order valence-electron chi connectivity index (χ1n) is 8.00. The Hall–Kier alpha value is -1.66. The lowest BCUT2D eigenvalue weighted by Crippen LogP contribution is -2.27. The highest BCUT2D eigenvalue weighted by Gasteiger charge is 2.21. The molecule has 0 aliphatic rings. The minimum atomic E-state index is -3.55. The quantitative estimate of drug-likeness (QED) is 0.815. The molecule has 0 bridgehead atoms. The molecule has 5 nitrogen and oxygen atoms in total. The maximum atomic E-state index is 11.5. The van der Waals surface area contributed by atoms with Gasteiger partial charge < -0.3 is 4.74 Å². The van der Waals surface area contributed by atoms with Crippen molar-refractivity contribution in [3.05, 3.63) is 41.5 Å². The summed E-state index contributed by atoms with van der Waals surface area (Å²) in [4.78, 5) is 11.5. The number of ether oxygens (including phenoxy) is 1. The number of carbonyl (C=O) groups excluding carboxylic acids is 1. The van der Waals surface area contributed by atoms with Crippen LogP contribution in [0, 0.1) is 0 Å². The van der Waals surface area contributed by atoms with Gasteiger partial charge in [-0.2, -0.15) is 0 Å². The fourth-order valence-electron chi connectivity index (χ4n) is 1.68. The number of amides is 1. The lowest BCUT2D eigenvalue weighted by molar-refractivity contribution is -0.114. The van der Waals surface area contributed by atoms with Gasteiger partial charge in [-0.1, -0.05) is 52.0 Å². The van der Waals surface area contributed by atoms with Crippen LogP contribution in [0.2, 0.25) is 0 Å². The Kier molecular flexibility index (Phi) is 12.1. The summed E-state index contributed by atoms with van der Waals surface area (Å²) in [6.45, 7) is 11.8. The molecule has 1 aromatic carbocycles. The van der Waals surface area contributed by atoms with Crippen molar-refractivity contribution < 1.29 is 17.9 Å². The summed E-state index contributed by atoms with van der Waals surface area (Å²) < 4.78 is 29.2. The number of carbonyl (C=O) groups is 1. The van der Waals surface area contributed by atoms with Crippen LogP contribution in [0.15, 0.2) is 30.3 Å². The van der Waals surface area contributed by atoms with Gasteiger partial charge >= 0.3 is 0 Å². The molecule has 0 radical (unpaired) electrons. The maximum Gasteiger partial charge on any atom is 0.257 e. The zero-order valence-electron chi connectivity index (χ0n) is 16.0. The zero-order valence-corrected chi connectivity index (χ0v) is 16.8. The minimum Gasteiger partial charge on any atom is -0.374 e. The van der Waals surface area contributed by atoms with E-state index in [1.165, 1.54) is 6.08 Å². The fourth-order valence-corrected chi connectivity index (χ4v) is 2.12. The Bertz CT molecular complexity index is 620. The molecule has 0 aliphatic heterocycles. The van der Waals surface area contributed by atoms with Gasteiger partial charge in [-0.15, -0.1) is 0 Å². The van der Waals surface area contributed by atoms with Crippen LogP contribution >= 0.6 is 0 Å². The second-order valence-corrected chi connectivity index (χ2v) is 6.62. The second kappa shape index (κ2) is 11.8. The molecule has 0 aliphatic carbocycles. The molecule has 138 valence electrons. The average Bonchev–Trinajstić information content (AvgIpc) is 2.55. The monoisotopic (exact) mass is 357 g/mol. The number of benzene rings is 1. The summed E-state index contributed by atoms with van der Waals surface area (Å²) in [7, 11) is -1.94. The van der Waals surface area contributed by atoms with Gasteiger partial charge in [-0.25, -0.2) is 13.1 Å². The van der Waals surface area contributed by atoms with E-state index < -0.39 is 21.5 Å². The third-order valence-electron chi connectivity index (χ3n) is 2.82. The van der Waals surface area contributed by atoms with Crippen LogP contribution in [-0.2, 0) is 25.2 Å². The van der Waals surface area contributed by atoms with Crippen molar-refractivity contribution in [3.8, 4) is 0 Å². The van der Waals surface area contributed by atoms with Crippen LogP contribution in [0.1, 0.15) is 52.7 Å². The topological polar surface area (TPSA) is 72.5 Å². The van der Waals surface area contributed by atoms with Crippen molar-refractivity contribution in [1.82, 2.24) is 4.72 Å². The Morgan fingerprint density at radius 2 is 1.62 bits per heavy atom. The van der Waals surface area contributed by atoms with E-state index in [0.717, 1.165) is 17.4 Å². The Morgan fingerprint density at radius 1 is 1.12 bits per heavy atom. The first kappa shape index (κ1) is 24.6. The van der Waals surface area contributed by atoms with Crippen LogP contribution in [0.4, 0.5) is 0 Å². The molecule has 0 unspecified atom stereocenters. The molecule has 0 spiro atoms. The Morgan fingerprint density at radius 3 is 2.08 bits per heavy atom. The lowest BCUT2D eigenvalue weighted by Gasteiger charge is -2.25. The van der Waals surface area contributed by atoms with E-state index in [2.05, 4.69) is 0 Å². The SMILES string of the molecule is CC.CC.COC(C)(C)c1ccccc1/C=C/C(=O)NS(C)(=O)=O. The average molecular weight is 358 g/mol. The Balaban J connectivity index is 0. The predicted octanol–water partition coefficient (Wildman–Crippen LogP) is 3.71. The second-order valence-electron chi connectivity index (χ2n) is 4.87. The summed E-state index contributed by atoms with van der Waals surface area (Å²) >= 11 is 0. The zero-order chi connectivity index (χ0) is 19.4. The summed E-state index contributed by atoms with van der Waals surface area (Å²) in [5.41, 5.74) is 1.20. The maximum absolute atomic E-state index is 11.5. The normalized spacial score (nSPS) is 11.0. The van der Waals surface area contributed by atoms with Gasteiger partial charge in [0.1, 0.15) is 0 Å². The van der Waals surface area contributed by atoms with Crippen LogP contribution in [0.3, 0.4) is 0 Å². The third-order valence-corrected chi connectivity index (χ3v) is 3.39. The molecule has 1 rings (SSSR count). The van der Waals surface area contributed by atoms with Crippen LogP contribution in [-0.4, -0.2) is 27.7 Å². The van der Waals surface area contributed by atoms with Gasteiger partial charge in [0.05, 0.1) is 11.9 Å². The molecule has 0 fully saturated rings. The smallest absolute Gasteiger partial charge is 0.257 e. The van der Waals surface area contributed by atoms with Gasteiger partial charge in [0, 0.05) is 13.2 Å². The molecule has 0 aromatic heterocycles. The fraction of sp³-hybridized carbons (Fsp3) is 0.500. The van der Waals surface area contributed by atoms with Gasteiger partial charge in [0.2, 0.25) is 10.0 Å². The number of hydrogen-bond acceptors (Lipinski definition) is 4. The Labute approximate surface area is 147 Å². The highest BCUT2D eigenvalue weighted by molar-refractivity contribution is 7.89. The molecule has 0 heterocycles. The molecule has 1 N–H and O–H groups in total. The van der Waals surface area contributed by atoms with E-state index in [9.17, 15) is 13.2 Å². The first-order chi connectivity index (χ1) is 11.2. The lowest BCUT2D eigenvalue weighted by atomic mass is 9.93. The van der Waals surface area contributed by atoms with E-state index in [-0.39, 0.29) is 0 Å². The van der Waals surface area contributed by atoms with Crippen molar-refractivity contribution >= 4 is 22.0 Å². The molecule has 1 amide bonds. The van der Waals surface area contributed by atoms with E-state index in [4.69, 9.17) is 4.74 Å². The molecule has 0 atom stereocenters. The van der Waals surface area contributed by atoms with Gasteiger partial charge in [0.15, 0.2) is 0 Å². The van der Waals surface area contributed by atoms with Crippen LogP contribution < -0.4 is 4.72 Å². The largest absolute Gasteiger partial charge is 0.374 e. The van der Waals surface area contributed by atoms with Gasteiger partial charge in [-0.05, 0) is 31.1 Å². The van der Waals surface area contributed by atoms with Gasteiger partial charge in [-0.3, -0.25) is 4.79 Å². The summed E-state index contributed by atoms with van der Waals surface area (Å²) in [6, 6.07) is 7.45. The molecule has 6 heteroatoms. The summed E-state index contributed by atoms with van der Waals surface area (Å²) in [5, 5.41) is 0. The predicted molar refractivity (Wildman–Crippen MR) is 101 cm³/mol. The van der Waals surface area contributed by atoms with Crippen LogP contribution in [0.5, 0.6) is 0 Å². The number of nitrogens with one attached hydrogen (secondary N) is 1. The highest BCUT2D eigenvalue weighted by atomic mass is 32.2. The first-order valence-corrected chi connectivity index (χ1v) is 9.89. The standard InChI is InChI=1S/C14H19NO4S.2C2H6/c1-14(2,19-3)12-8-6-5-7-11(12)9-10-13(16)15-20(4,17)18;2*1-2/h5-10H,1-4H3,(H,15,16);2*1-2H3/b10-9+;;. The number of sulfonamides is 1. The van der Waals surface area contributed by atoms with Crippen molar-refractivity contribution in [1.29, 1.82) is 0 Å². The van der Waals surface area contributed by atoms with E-state index >= 15 is 0 Å². The van der Waals surface area contributed by atoms with E-state index in [1.807, 2.05) is 70.5 Å². The summed E-state index contributed by atoms with van der Waals surface area (Å²) in [6.07, 6.45) is 3.68. The number of methoxy groups -OCH3 is 1. The third kappa shape index (κ3) is 9.47. The molecule has 24 heavy (non-hydrogen) atoms. The molecule has 1 aromatic rings. The highest BCUT2D eigenvalue weighted by Crippen LogP contribution is 2.27. The van der Waals surface area contributed by atoms with Gasteiger partial charge in [0.25, 0.3) is 5.91 Å². The van der Waals surface area contributed by atoms with Crippen molar-refractivity contribution in [3.63, 3.8) is 0 Å². The molecular weight excluding hydrogens is 326 g/mol. The molecule has 0 saturated carbocycles. The van der Waals surface area contributed by atoms with E-state index in [0.29, 0.717) is 0 Å². The number of hydrogen-bond donors (Lipinski definition) is 1. The molecular formula is C18H31NO4S. The summed E-state index contributed by atoms with van der Waals surface area (Å²) in [5.74, 6) is -0.683. The van der Waals surface area contributed by atoms with Crippen molar-refractivity contribution in [2.24, 2.45) is 0 Å². The molecule has 0 saturated heterocycles. The van der Waals surface area contributed by atoms with Crippen molar-refractivity contribution in [2.45, 2.75) is 47.1 Å².